The van der Waals surface area contributed by atoms with E-state index in [4.69, 9.17) is 0 Å². The minimum absolute atomic E-state index is 0.781. The molecule has 0 spiro atoms. The Hall–Kier alpha value is -1.07. The molecule has 0 saturated carbocycles. The number of hydrogen-bond donors (Lipinski definition) is 1. The summed E-state index contributed by atoms with van der Waals surface area (Å²) in [7, 11) is 0. The molecule has 0 aliphatic carbocycles. The smallest absolute Gasteiger partial charge is 0.141 e. The van der Waals surface area contributed by atoms with Crippen molar-refractivity contribution in [1.29, 1.82) is 0 Å². The SMILES string of the molecule is CCCNc1nc(CSc2ccc(Br)cc2)nc(C)c1C. The van der Waals surface area contributed by atoms with Crippen molar-refractivity contribution in [3.8, 4) is 0 Å². The van der Waals surface area contributed by atoms with Gasteiger partial charge in [-0.2, -0.15) is 0 Å². The van der Waals surface area contributed by atoms with Gasteiger partial charge in [-0.25, -0.2) is 9.97 Å². The number of hydrogen-bond acceptors (Lipinski definition) is 4. The van der Waals surface area contributed by atoms with Crippen molar-refractivity contribution >= 4 is 33.5 Å². The van der Waals surface area contributed by atoms with E-state index in [1.807, 2.05) is 6.92 Å². The van der Waals surface area contributed by atoms with Gasteiger partial charge in [0.15, 0.2) is 0 Å². The standard InChI is InChI=1S/C16H20BrN3S/c1-4-9-18-16-11(2)12(3)19-15(20-16)10-21-14-7-5-13(17)6-8-14/h5-8H,4,9-10H2,1-3H3,(H,18,19,20). The minimum Gasteiger partial charge on any atom is -0.370 e. The minimum atomic E-state index is 0.781. The highest BCUT2D eigenvalue weighted by Gasteiger charge is 2.08. The Morgan fingerprint density at radius 1 is 1.14 bits per heavy atom. The third-order valence-corrected chi connectivity index (χ3v) is 4.70. The Balaban J connectivity index is 2.08. The summed E-state index contributed by atoms with van der Waals surface area (Å²) < 4.78 is 1.10. The zero-order valence-electron chi connectivity index (χ0n) is 12.6. The monoisotopic (exact) mass is 365 g/mol. The Morgan fingerprint density at radius 2 is 1.86 bits per heavy atom. The van der Waals surface area contributed by atoms with Gasteiger partial charge in [-0.3, -0.25) is 0 Å². The topological polar surface area (TPSA) is 37.8 Å². The summed E-state index contributed by atoms with van der Waals surface area (Å²) in [6.45, 7) is 7.21. The van der Waals surface area contributed by atoms with Gasteiger partial charge in [-0.05, 0) is 44.5 Å². The van der Waals surface area contributed by atoms with E-state index < -0.39 is 0 Å². The van der Waals surface area contributed by atoms with Crippen LogP contribution in [0.1, 0.15) is 30.4 Å². The maximum Gasteiger partial charge on any atom is 0.141 e. The van der Waals surface area contributed by atoms with Gasteiger partial charge < -0.3 is 5.32 Å². The largest absolute Gasteiger partial charge is 0.370 e. The van der Waals surface area contributed by atoms with E-state index in [2.05, 4.69) is 69.3 Å². The molecule has 0 aliphatic heterocycles. The Kier molecular flexibility index (Phi) is 6.06. The average Bonchev–Trinajstić information content (AvgIpc) is 2.48. The average molecular weight is 366 g/mol. The Morgan fingerprint density at radius 3 is 2.52 bits per heavy atom. The third-order valence-electron chi connectivity index (χ3n) is 3.16. The fraction of sp³-hybridized carbons (Fsp3) is 0.375. The molecule has 1 aromatic carbocycles. The summed E-state index contributed by atoms with van der Waals surface area (Å²) >= 11 is 5.21. The lowest BCUT2D eigenvalue weighted by Gasteiger charge is -2.11. The molecule has 0 saturated heterocycles. The highest BCUT2D eigenvalue weighted by Crippen LogP contribution is 2.24. The van der Waals surface area contributed by atoms with Crippen molar-refractivity contribution in [3.05, 3.63) is 45.8 Å². The maximum absolute atomic E-state index is 4.65. The van der Waals surface area contributed by atoms with Crippen molar-refractivity contribution < 1.29 is 0 Å². The van der Waals surface area contributed by atoms with Crippen LogP contribution in [0.2, 0.25) is 0 Å². The van der Waals surface area contributed by atoms with E-state index >= 15 is 0 Å². The first kappa shape index (κ1) is 16.3. The number of aryl methyl sites for hydroxylation is 1. The molecule has 0 aliphatic rings. The molecular formula is C16H20BrN3S. The van der Waals surface area contributed by atoms with E-state index in [-0.39, 0.29) is 0 Å². The lowest BCUT2D eigenvalue weighted by molar-refractivity contribution is 0.928. The molecule has 2 rings (SSSR count). The van der Waals surface area contributed by atoms with Gasteiger partial charge in [-0.15, -0.1) is 11.8 Å². The van der Waals surface area contributed by atoms with Crippen molar-refractivity contribution in [3.63, 3.8) is 0 Å². The molecule has 112 valence electrons. The zero-order valence-corrected chi connectivity index (χ0v) is 15.0. The first-order chi connectivity index (χ1) is 10.1. The van der Waals surface area contributed by atoms with Crippen LogP contribution in [0.15, 0.2) is 33.6 Å². The lowest BCUT2D eigenvalue weighted by Crippen LogP contribution is -2.08. The molecule has 0 bridgehead atoms. The van der Waals surface area contributed by atoms with Crippen LogP contribution in [0.4, 0.5) is 5.82 Å². The maximum atomic E-state index is 4.65. The van der Waals surface area contributed by atoms with E-state index in [0.717, 1.165) is 46.1 Å². The van der Waals surface area contributed by atoms with Crippen LogP contribution >= 0.6 is 27.7 Å². The fourth-order valence-corrected chi connectivity index (χ4v) is 2.86. The van der Waals surface area contributed by atoms with Gasteiger partial charge >= 0.3 is 0 Å². The quantitative estimate of drug-likeness (QED) is 0.733. The second-order valence-electron chi connectivity index (χ2n) is 4.87. The molecule has 3 nitrogen and oxygen atoms in total. The van der Waals surface area contributed by atoms with Crippen molar-refractivity contribution in [2.75, 3.05) is 11.9 Å². The number of benzene rings is 1. The van der Waals surface area contributed by atoms with Crippen molar-refractivity contribution in [2.24, 2.45) is 0 Å². The second kappa shape index (κ2) is 7.80. The Bertz CT molecular complexity index is 599. The third kappa shape index (κ3) is 4.71. The first-order valence-corrected chi connectivity index (χ1v) is 8.84. The van der Waals surface area contributed by atoms with Crippen LogP contribution in [0.25, 0.3) is 0 Å². The molecule has 1 aromatic heterocycles. The molecule has 21 heavy (non-hydrogen) atoms. The molecule has 2 aromatic rings. The van der Waals surface area contributed by atoms with Crippen LogP contribution in [-0.2, 0) is 5.75 Å². The molecule has 0 radical (unpaired) electrons. The number of rotatable bonds is 6. The van der Waals surface area contributed by atoms with Crippen LogP contribution in [-0.4, -0.2) is 16.5 Å². The number of aromatic nitrogens is 2. The van der Waals surface area contributed by atoms with Gasteiger partial charge in [0.2, 0.25) is 0 Å². The summed E-state index contributed by atoms with van der Waals surface area (Å²) in [5.74, 6) is 2.63. The summed E-state index contributed by atoms with van der Waals surface area (Å²) in [5.41, 5.74) is 2.19. The summed E-state index contributed by atoms with van der Waals surface area (Å²) in [5, 5.41) is 3.38. The Labute approximate surface area is 139 Å². The fourth-order valence-electron chi connectivity index (χ4n) is 1.85. The summed E-state index contributed by atoms with van der Waals surface area (Å²) in [6, 6.07) is 8.31. The second-order valence-corrected chi connectivity index (χ2v) is 6.83. The van der Waals surface area contributed by atoms with E-state index in [9.17, 15) is 0 Å². The number of thioether (sulfide) groups is 1. The molecule has 0 amide bonds. The molecule has 0 atom stereocenters. The molecule has 5 heteroatoms. The van der Waals surface area contributed by atoms with Crippen LogP contribution in [0, 0.1) is 13.8 Å². The number of halogens is 1. The highest BCUT2D eigenvalue weighted by atomic mass is 79.9. The van der Waals surface area contributed by atoms with Crippen LogP contribution in [0.3, 0.4) is 0 Å². The van der Waals surface area contributed by atoms with Crippen molar-refractivity contribution in [1.82, 2.24) is 9.97 Å². The number of nitrogens with zero attached hydrogens (tertiary/aromatic N) is 2. The van der Waals surface area contributed by atoms with Crippen molar-refractivity contribution in [2.45, 2.75) is 37.8 Å². The summed E-state index contributed by atoms with van der Waals surface area (Å²) in [6.07, 6.45) is 1.09. The van der Waals surface area contributed by atoms with Gasteiger partial charge in [0, 0.05) is 27.2 Å². The van der Waals surface area contributed by atoms with Gasteiger partial charge in [0.1, 0.15) is 11.6 Å². The van der Waals surface area contributed by atoms with Gasteiger partial charge in [-0.1, -0.05) is 22.9 Å². The molecule has 0 fully saturated rings. The molecular weight excluding hydrogens is 346 g/mol. The number of anilines is 1. The molecule has 1 N–H and O–H groups in total. The lowest BCUT2D eigenvalue weighted by atomic mass is 10.2. The van der Waals surface area contributed by atoms with Crippen LogP contribution in [0.5, 0.6) is 0 Å². The van der Waals surface area contributed by atoms with E-state index in [1.54, 1.807) is 11.8 Å². The van der Waals surface area contributed by atoms with Gasteiger partial charge in [0.05, 0.1) is 5.75 Å². The van der Waals surface area contributed by atoms with E-state index in [0.29, 0.717) is 0 Å². The van der Waals surface area contributed by atoms with Gasteiger partial charge in [0.25, 0.3) is 0 Å². The summed E-state index contributed by atoms with van der Waals surface area (Å²) in [4.78, 5) is 10.5. The highest BCUT2D eigenvalue weighted by molar-refractivity contribution is 9.10. The first-order valence-electron chi connectivity index (χ1n) is 7.06. The predicted molar refractivity (Wildman–Crippen MR) is 94.0 cm³/mol. The number of nitrogens with one attached hydrogen (secondary N) is 1. The molecule has 1 heterocycles. The normalized spacial score (nSPS) is 10.7. The predicted octanol–water partition coefficient (Wildman–Crippen LogP) is 4.97. The molecule has 0 unspecified atom stereocenters. The van der Waals surface area contributed by atoms with Crippen LogP contribution < -0.4 is 5.32 Å². The van der Waals surface area contributed by atoms with E-state index in [1.165, 1.54) is 4.90 Å². The zero-order chi connectivity index (χ0) is 15.2.